The standard InChI is InChI=1S/C15H25ClN4O/c1-4-17-14(20-10-15(2,3)11-21)18-8-7-12-5-6-13(16)19-9-12/h5-6,9,21H,4,7-8,10-11H2,1-3H3,(H2,17,18,20). The Morgan fingerprint density at radius 3 is 2.71 bits per heavy atom. The predicted octanol–water partition coefficient (Wildman–Crippen LogP) is 1.85. The number of hydrogen-bond donors (Lipinski definition) is 3. The van der Waals surface area contributed by atoms with Gasteiger partial charge in [0, 0.05) is 31.3 Å². The Bertz CT molecular complexity index is 445. The van der Waals surface area contributed by atoms with Crippen LogP contribution in [0, 0.1) is 5.41 Å². The van der Waals surface area contributed by atoms with Gasteiger partial charge in [-0.05, 0) is 25.0 Å². The molecular weight excluding hydrogens is 288 g/mol. The van der Waals surface area contributed by atoms with Crippen LogP contribution in [-0.2, 0) is 6.42 Å². The van der Waals surface area contributed by atoms with Crippen molar-refractivity contribution in [1.82, 2.24) is 15.6 Å². The van der Waals surface area contributed by atoms with Crippen molar-refractivity contribution in [1.29, 1.82) is 0 Å². The first-order valence-corrected chi connectivity index (χ1v) is 7.58. The summed E-state index contributed by atoms with van der Waals surface area (Å²) in [5.41, 5.74) is 0.918. The third-order valence-electron chi connectivity index (χ3n) is 2.93. The molecule has 0 aromatic carbocycles. The van der Waals surface area contributed by atoms with Crippen LogP contribution in [0.15, 0.2) is 23.3 Å². The first kappa shape index (κ1) is 17.7. The van der Waals surface area contributed by atoms with Crippen LogP contribution in [0.2, 0.25) is 5.15 Å². The van der Waals surface area contributed by atoms with E-state index in [4.69, 9.17) is 11.6 Å². The average Bonchev–Trinajstić information content (AvgIpc) is 2.47. The summed E-state index contributed by atoms with van der Waals surface area (Å²) in [7, 11) is 0. The van der Waals surface area contributed by atoms with Crippen LogP contribution in [0.5, 0.6) is 0 Å². The highest BCUT2D eigenvalue weighted by Crippen LogP contribution is 2.13. The molecule has 3 N–H and O–H groups in total. The summed E-state index contributed by atoms with van der Waals surface area (Å²) in [6.07, 6.45) is 2.63. The molecule has 6 heteroatoms. The van der Waals surface area contributed by atoms with E-state index in [1.54, 1.807) is 12.3 Å². The molecule has 0 bridgehead atoms. The fraction of sp³-hybridized carbons (Fsp3) is 0.600. The van der Waals surface area contributed by atoms with Crippen LogP contribution in [0.3, 0.4) is 0 Å². The topological polar surface area (TPSA) is 69.5 Å². The fourth-order valence-electron chi connectivity index (χ4n) is 1.56. The van der Waals surface area contributed by atoms with Gasteiger partial charge in [-0.3, -0.25) is 4.99 Å². The van der Waals surface area contributed by atoms with Gasteiger partial charge in [0.15, 0.2) is 5.96 Å². The molecule has 0 fully saturated rings. The maximum atomic E-state index is 9.26. The normalized spacial score (nSPS) is 12.3. The van der Waals surface area contributed by atoms with Gasteiger partial charge in [0.1, 0.15) is 5.15 Å². The lowest BCUT2D eigenvalue weighted by molar-refractivity contribution is 0.167. The van der Waals surface area contributed by atoms with Crippen LogP contribution in [0.1, 0.15) is 26.3 Å². The quantitative estimate of drug-likeness (QED) is 0.408. The van der Waals surface area contributed by atoms with Gasteiger partial charge in [-0.2, -0.15) is 0 Å². The van der Waals surface area contributed by atoms with Crippen molar-refractivity contribution in [2.24, 2.45) is 10.4 Å². The van der Waals surface area contributed by atoms with Gasteiger partial charge in [0.25, 0.3) is 0 Å². The van der Waals surface area contributed by atoms with Crippen LogP contribution in [-0.4, -0.2) is 42.3 Å². The highest BCUT2D eigenvalue weighted by molar-refractivity contribution is 6.29. The summed E-state index contributed by atoms with van der Waals surface area (Å²) < 4.78 is 0. The summed E-state index contributed by atoms with van der Waals surface area (Å²) in [6, 6.07) is 3.76. The van der Waals surface area contributed by atoms with E-state index in [2.05, 4.69) is 20.6 Å². The minimum atomic E-state index is -0.206. The van der Waals surface area contributed by atoms with E-state index in [1.165, 1.54) is 0 Å². The van der Waals surface area contributed by atoms with E-state index in [9.17, 15) is 5.11 Å². The first-order chi connectivity index (χ1) is 9.96. The number of guanidine groups is 1. The molecule has 1 heterocycles. The minimum absolute atomic E-state index is 0.117. The summed E-state index contributed by atoms with van der Waals surface area (Å²) in [4.78, 5) is 8.56. The Balaban J connectivity index is 2.47. The average molecular weight is 313 g/mol. The zero-order chi connectivity index (χ0) is 15.7. The molecule has 0 aliphatic rings. The van der Waals surface area contributed by atoms with E-state index >= 15 is 0 Å². The third-order valence-corrected chi connectivity index (χ3v) is 3.16. The Labute approximate surface area is 131 Å². The molecule has 0 unspecified atom stereocenters. The molecule has 0 atom stereocenters. The molecule has 0 saturated heterocycles. The maximum Gasteiger partial charge on any atom is 0.191 e. The summed E-state index contributed by atoms with van der Waals surface area (Å²) >= 11 is 5.76. The third kappa shape index (κ3) is 7.29. The van der Waals surface area contributed by atoms with Crippen molar-refractivity contribution in [3.8, 4) is 0 Å². The van der Waals surface area contributed by atoms with E-state index in [0.717, 1.165) is 31.0 Å². The molecule has 1 aromatic rings. The fourth-order valence-corrected chi connectivity index (χ4v) is 1.68. The highest BCUT2D eigenvalue weighted by atomic mass is 35.5. The van der Waals surface area contributed by atoms with Crippen LogP contribution < -0.4 is 10.6 Å². The van der Waals surface area contributed by atoms with Gasteiger partial charge in [0.2, 0.25) is 0 Å². The molecule has 0 spiro atoms. The van der Waals surface area contributed by atoms with Gasteiger partial charge in [-0.25, -0.2) is 4.98 Å². The monoisotopic (exact) mass is 312 g/mol. The largest absolute Gasteiger partial charge is 0.396 e. The number of aliphatic hydroxyl groups excluding tert-OH is 1. The minimum Gasteiger partial charge on any atom is -0.396 e. The molecule has 0 amide bonds. The SMILES string of the molecule is CCNC(=NCC(C)(C)CO)NCCc1ccc(Cl)nc1. The van der Waals surface area contributed by atoms with Crippen LogP contribution in [0.4, 0.5) is 0 Å². The number of hydrogen-bond acceptors (Lipinski definition) is 3. The van der Waals surface area contributed by atoms with Crippen LogP contribution in [0.25, 0.3) is 0 Å². The number of aliphatic imine (C=N–C) groups is 1. The smallest absolute Gasteiger partial charge is 0.191 e. The van der Waals surface area contributed by atoms with Gasteiger partial charge in [-0.1, -0.05) is 31.5 Å². The Hall–Kier alpha value is -1.33. The lowest BCUT2D eigenvalue weighted by Gasteiger charge is -2.20. The second-order valence-electron chi connectivity index (χ2n) is 5.68. The second kappa shape index (κ2) is 8.85. The molecule has 5 nitrogen and oxygen atoms in total. The molecule has 0 radical (unpaired) electrons. The number of aliphatic hydroxyl groups is 1. The van der Waals surface area contributed by atoms with Crippen molar-refractivity contribution in [2.75, 3.05) is 26.2 Å². The Morgan fingerprint density at radius 2 is 2.14 bits per heavy atom. The van der Waals surface area contributed by atoms with E-state index < -0.39 is 0 Å². The molecule has 1 rings (SSSR count). The lowest BCUT2D eigenvalue weighted by Crippen LogP contribution is -2.39. The molecule has 0 saturated carbocycles. The highest BCUT2D eigenvalue weighted by Gasteiger charge is 2.15. The van der Waals surface area contributed by atoms with E-state index in [0.29, 0.717) is 11.7 Å². The molecule has 118 valence electrons. The van der Waals surface area contributed by atoms with Crippen molar-refractivity contribution >= 4 is 17.6 Å². The molecule has 1 aromatic heterocycles. The van der Waals surface area contributed by atoms with Gasteiger partial charge in [-0.15, -0.1) is 0 Å². The molecular formula is C15H25ClN4O. The number of nitrogens with zero attached hydrogens (tertiary/aromatic N) is 2. The van der Waals surface area contributed by atoms with Gasteiger partial charge in [0.05, 0.1) is 6.54 Å². The summed E-state index contributed by atoms with van der Waals surface area (Å²) in [5, 5.41) is 16.2. The summed E-state index contributed by atoms with van der Waals surface area (Å²) in [6.45, 7) is 8.24. The van der Waals surface area contributed by atoms with Crippen LogP contribution >= 0.6 is 11.6 Å². The number of aromatic nitrogens is 1. The zero-order valence-electron chi connectivity index (χ0n) is 13.0. The van der Waals surface area contributed by atoms with E-state index in [1.807, 2.05) is 26.8 Å². The lowest BCUT2D eigenvalue weighted by atomic mass is 9.95. The van der Waals surface area contributed by atoms with E-state index in [-0.39, 0.29) is 12.0 Å². The van der Waals surface area contributed by atoms with Crippen molar-refractivity contribution in [3.05, 3.63) is 29.0 Å². The molecule has 21 heavy (non-hydrogen) atoms. The van der Waals surface area contributed by atoms with Crippen molar-refractivity contribution in [2.45, 2.75) is 27.2 Å². The molecule has 0 aliphatic heterocycles. The summed E-state index contributed by atoms with van der Waals surface area (Å²) in [5.74, 6) is 0.765. The number of pyridine rings is 1. The van der Waals surface area contributed by atoms with Gasteiger partial charge >= 0.3 is 0 Å². The second-order valence-corrected chi connectivity index (χ2v) is 6.07. The Kier molecular flexibility index (Phi) is 7.47. The maximum absolute atomic E-state index is 9.26. The number of rotatable bonds is 7. The van der Waals surface area contributed by atoms with Gasteiger partial charge < -0.3 is 15.7 Å². The Morgan fingerprint density at radius 1 is 1.38 bits per heavy atom. The van der Waals surface area contributed by atoms with Crippen molar-refractivity contribution < 1.29 is 5.11 Å². The first-order valence-electron chi connectivity index (χ1n) is 7.20. The predicted molar refractivity (Wildman–Crippen MR) is 87.8 cm³/mol. The zero-order valence-corrected chi connectivity index (χ0v) is 13.7. The number of halogens is 1. The van der Waals surface area contributed by atoms with Crippen molar-refractivity contribution in [3.63, 3.8) is 0 Å². The molecule has 0 aliphatic carbocycles. The number of nitrogens with one attached hydrogen (secondary N) is 2.